The van der Waals surface area contributed by atoms with Crippen LogP contribution in [0.5, 0.6) is 0 Å². The van der Waals surface area contributed by atoms with Crippen LogP contribution in [0.3, 0.4) is 0 Å². The highest BCUT2D eigenvalue weighted by Crippen LogP contribution is 2.26. The highest BCUT2D eigenvalue weighted by molar-refractivity contribution is 9.10. The van der Waals surface area contributed by atoms with E-state index in [0.29, 0.717) is 16.3 Å². The predicted molar refractivity (Wildman–Crippen MR) is 117 cm³/mol. The minimum atomic E-state index is -0.296. The lowest BCUT2D eigenvalue weighted by Crippen LogP contribution is -2.32. The Labute approximate surface area is 177 Å². The first kappa shape index (κ1) is 20.1. The molecule has 0 aliphatic heterocycles. The number of benzene rings is 3. The molecule has 0 unspecified atom stereocenters. The number of carbonyl (C=O) groups excluding carboxylic acids is 2. The average molecular weight is 458 g/mol. The van der Waals surface area contributed by atoms with Crippen molar-refractivity contribution in [2.24, 2.45) is 0 Å². The fourth-order valence-corrected chi connectivity index (χ4v) is 3.16. The molecule has 0 radical (unpaired) electrons. The molecule has 0 bridgehead atoms. The molecule has 0 fully saturated rings. The maximum absolute atomic E-state index is 12.2. The molecule has 2 N–H and O–H groups in total. The number of halogens is 2. The zero-order chi connectivity index (χ0) is 20.1. The van der Waals surface area contributed by atoms with E-state index >= 15 is 0 Å². The number of hydrogen-bond donors (Lipinski definition) is 2. The predicted octanol–water partition coefficient (Wildman–Crippen LogP) is 5.45. The fourth-order valence-electron chi connectivity index (χ4n) is 2.71. The summed E-state index contributed by atoms with van der Waals surface area (Å²) in [5.41, 5.74) is 4.15. The third-order valence-electron chi connectivity index (χ3n) is 4.17. The van der Waals surface area contributed by atoms with Crippen LogP contribution in [0.1, 0.15) is 15.9 Å². The Kier molecular flexibility index (Phi) is 6.49. The molecule has 0 atom stereocenters. The number of nitrogens with one attached hydrogen (secondary N) is 2. The van der Waals surface area contributed by atoms with Gasteiger partial charge in [0.15, 0.2) is 0 Å². The Hall–Kier alpha value is -2.63. The summed E-state index contributed by atoms with van der Waals surface area (Å²) in [5, 5.41) is 6.12. The van der Waals surface area contributed by atoms with Crippen molar-refractivity contribution in [2.75, 3.05) is 11.9 Å². The van der Waals surface area contributed by atoms with Gasteiger partial charge in [0.2, 0.25) is 5.91 Å². The summed E-state index contributed by atoms with van der Waals surface area (Å²) in [4.78, 5) is 24.3. The quantitative estimate of drug-likeness (QED) is 0.535. The van der Waals surface area contributed by atoms with E-state index in [1.807, 2.05) is 49.4 Å². The highest BCUT2D eigenvalue weighted by atomic mass is 79.9. The molecule has 0 aliphatic carbocycles. The van der Waals surface area contributed by atoms with Gasteiger partial charge in [0.05, 0.1) is 6.54 Å². The van der Waals surface area contributed by atoms with Crippen LogP contribution in [-0.4, -0.2) is 18.4 Å². The summed E-state index contributed by atoms with van der Waals surface area (Å²) in [6, 6.07) is 20.3. The van der Waals surface area contributed by atoms with E-state index < -0.39 is 0 Å². The minimum Gasteiger partial charge on any atom is -0.343 e. The number of anilines is 1. The van der Waals surface area contributed by atoms with Gasteiger partial charge in [-0.05, 0) is 72.1 Å². The van der Waals surface area contributed by atoms with Crippen molar-refractivity contribution in [3.8, 4) is 11.1 Å². The summed E-state index contributed by atoms with van der Waals surface area (Å²) >= 11 is 9.37. The van der Waals surface area contributed by atoms with Gasteiger partial charge >= 0.3 is 0 Å². The van der Waals surface area contributed by atoms with E-state index in [1.165, 1.54) is 0 Å². The highest BCUT2D eigenvalue weighted by Gasteiger charge is 2.10. The standard InChI is InChI=1S/C22H18BrClN2O2/c1-14-11-17(16-3-2-4-19(24)12-16)7-10-20(14)26-21(27)13-25-22(28)15-5-8-18(23)9-6-15/h2-12H,13H2,1H3,(H,25,28)(H,26,27). The average Bonchev–Trinajstić information content (AvgIpc) is 2.68. The lowest BCUT2D eigenvalue weighted by Gasteiger charge is -2.11. The van der Waals surface area contributed by atoms with Gasteiger partial charge in [-0.3, -0.25) is 9.59 Å². The minimum absolute atomic E-state index is 0.107. The number of hydrogen-bond acceptors (Lipinski definition) is 2. The number of carbonyl (C=O) groups is 2. The van der Waals surface area contributed by atoms with Crippen LogP contribution in [0.25, 0.3) is 11.1 Å². The van der Waals surface area contributed by atoms with Gasteiger partial charge < -0.3 is 10.6 Å². The van der Waals surface area contributed by atoms with E-state index in [0.717, 1.165) is 21.2 Å². The van der Waals surface area contributed by atoms with E-state index in [1.54, 1.807) is 24.3 Å². The summed E-state index contributed by atoms with van der Waals surface area (Å²) in [6.45, 7) is 1.81. The third kappa shape index (κ3) is 5.21. The smallest absolute Gasteiger partial charge is 0.251 e. The first-order chi connectivity index (χ1) is 13.4. The summed E-state index contributed by atoms with van der Waals surface area (Å²) in [5.74, 6) is -0.584. The summed E-state index contributed by atoms with van der Waals surface area (Å²) < 4.78 is 0.887. The number of rotatable bonds is 5. The Bertz CT molecular complexity index is 1020. The van der Waals surface area contributed by atoms with Gasteiger partial charge in [-0.1, -0.05) is 45.7 Å². The first-order valence-corrected chi connectivity index (χ1v) is 9.80. The number of aryl methyl sites for hydroxylation is 1. The molecular formula is C22H18BrClN2O2. The topological polar surface area (TPSA) is 58.2 Å². The normalized spacial score (nSPS) is 10.4. The Morgan fingerprint density at radius 2 is 1.68 bits per heavy atom. The van der Waals surface area contributed by atoms with E-state index in [9.17, 15) is 9.59 Å². The summed E-state index contributed by atoms with van der Waals surface area (Å²) in [7, 11) is 0. The van der Waals surface area contributed by atoms with E-state index in [4.69, 9.17) is 11.6 Å². The summed E-state index contributed by atoms with van der Waals surface area (Å²) in [6.07, 6.45) is 0. The van der Waals surface area contributed by atoms with Crippen LogP contribution in [0.2, 0.25) is 5.02 Å². The Morgan fingerprint density at radius 1 is 0.964 bits per heavy atom. The first-order valence-electron chi connectivity index (χ1n) is 8.62. The molecule has 3 aromatic rings. The van der Waals surface area contributed by atoms with E-state index in [2.05, 4.69) is 26.6 Å². The number of amides is 2. The van der Waals surface area contributed by atoms with Gasteiger partial charge in [0.25, 0.3) is 5.91 Å². The van der Waals surface area contributed by atoms with Crippen LogP contribution in [0.4, 0.5) is 5.69 Å². The monoisotopic (exact) mass is 456 g/mol. The largest absolute Gasteiger partial charge is 0.343 e. The molecule has 0 spiro atoms. The van der Waals surface area contributed by atoms with Crippen molar-refractivity contribution < 1.29 is 9.59 Å². The van der Waals surface area contributed by atoms with Crippen molar-refractivity contribution in [3.05, 3.63) is 87.4 Å². The van der Waals surface area contributed by atoms with Gasteiger partial charge in [0, 0.05) is 20.7 Å². The maximum Gasteiger partial charge on any atom is 0.251 e. The van der Waals surface area contributed by atoms with Crippen LogP contribution < -0.4 is 10.6 Å². The molecule has 3 aromatic carbocycles. The molecule has 6 heteroatoms. The molecule has 4 nitrogen and oxygen atoms in total. The second kappa shape index (κ2) is 9.04. The van der Waals surface area contributed by atoms with Crippen molar-refractivity contribution in [1.82, 2.24) is 5.32 Å². The molecular weight excluding hydrogens is 440 g/mol. The molecule has 0 aromatic heterocycles. The molecule has 0 saturated heterocycles. The second-order valence-electron chi connectivity index (χ2n) is 6.28. The zero-order valence-corrected chi connectivity index (χ0v) is 17.5. The van der Waals surface area contributed by atoms with Crippen LogP contribution in [-0.2, 0) is 4.79 Å². The van der Waals surface area contributed by atoms with Crippen LogP contribution >= 0.6 is 27.5 Å². The molecule has 2 amide bonds. The van der Waals surface area contributed by atoms with Gasteiger partial charge in [-0.2, -0.15) is 0 Å². The third-order valence-corrected chi connectivity index (χ3v) is 4.94. The molecule has 3 rings (SSSR count). The SMILES string of the molecule is Cc1cc(-c2cccc(Cl)c2)ccc1NC(=O)CNC(=O)c1ccc(Br)cc1. The molecule has 142 valence electrons. The van der Waals surface area contributed by atoms with Crippen LogP contribution in [0.15, 0.2) is 71.2 Å². The molecule has 0 heterocycles. The van der Waals surface area contributed by atoms with Gasteiger partial charge in [0.1, 0.15) is 0 Å². The Balaban J connectivity index is 1.61. The molecule has 28 heavy (non-hydrogen) atoms. The van der Waals surface area contributed by atoms with Crippen molar-refractivity contribution in [1.29, 1.82) is 0 Å². The second-order valence-corrected chi connectivity index (χ2v) is 7.63. The zero-order valence-electron chi connectivity index (χ0n) is 15.1. The fraction of sp³-hybridized carbons (Fsp3) is 0.0909. The lowest BCUT2D eigenvalue weighted by molar-refractivity contribution is -0.115. The Morgan fingerprint density at radius 3 is 2.36 bits per heavy atom. The maximum atomic E-state index is 12.2. The van der Waals surface area contributed by atoms with Gasteiger partial charge in [-0.25, -0.2) is 0 Å². The van der Waals surface area contributed by atoms with Crippen molar-refractivity contribution >= 4 is 45.0 Å². The van der Waals surface area contributed by atoms with Crippen molar-refractivity contribution in [3.63, 3.8) is 0 Å². The molecule has 0 aliphatic rings. The molecule has 0 saturated carbocycles. The van der Waals surface area contributed by atoms with Gasteiger partial charge in [-0.15, -0.1) is 0 Å². The lowest BCUT2D eigenvalue weighted by atomic mass is 10.0. The van der Waals surface area contributed by atoms with Crippen molar-refractivity contribution in [2.45, 2.75) is 6.92 Å². The van der Waals surface area contributed by atoms with Crippen LogP contribution in [0, 0.1) is 6.92 Å². The van der Waals surface area contributed by atoms with E-state index in [-0.39, 0.29) is 18.4 Å².